The van der Waals surface area contributed by atoms with Crippen LogP contribution in [0.3, 0.4) is 0 Å². The van der Waals surface area contributed by atoms with Crippen molar-refractivity contribution in [2.75, 3.05) is 6.54 Å². The summed E-state index contributed by atoms with van der Waals surface area (Å²) < 4.78 is 0. The standard InChI is InChI=1S/C14H29N3O/c1-13(2,12(15)17-18)8-7-11-16-14(3)9-5-4-6-10-14/h16,18H,4-11H2,1-3H3,(H2,15,17). The van der Waals surface area contributed by atoms with Crippen LogP contribution in [0.25, 0.3) is 0 Å². The van der Waals surface area contributed by atoms with Gasteiger partial charge in [-0.05, 0) is 39.2 Å². The average molecular weight is 255 g/mol. The third-order valence-electron chi connectivity index (χ3n) is 4.29. The van der Waals surface area contributed by atoms with Crippen molar-refractivity contribution in [3.8, 4) is 0 Å². The monoisotopic (exact) mass is 255 g/mol. The fourth-order valence-corrected chi connectivity index (χ4v) is 2.69. The number of hydrogen-bond donors (Lipinski definition) is 3. The molecule has 1 rings (SSSR count). The third-order valence-corrected chi connectivity index (χ3v) is 4.29. The summed E-state index contributed by atoms with van der Waals surface area (Å²) in [7, 11) is 0. The Hall–Kier alpha value is -0.770. The van der Waals surface area contributed by atoms with E-state index in [1.807, 2.05) is 13.8 Å². The van der Waals surface area contributed by atoms with Crippen molar-refractivity contribution in [1.29, 1.82) is 0 Å². The molecule has 1 fully saturated rings. The molecule has 0 aromatic carbocycles. The minimum atomic E-state index is -0.218. The zero-order chi connectivity index (χ0) is 13.6. The molecule has 0 radical (unpaired) electrons. The molecule has 0 aromatic rings. The summed E-state index contributed by atoms with van der Waals surface area (Å²) >= 11 is 0. The van der Waals surface area contributed by atoms with Gasteiger partial charge in [0.25, 0.3) is 0 Å². The largest absolute Gasteiger partial charge is 0.409 e. The lowest BCUT2D eigenvalue weighted by Gasteiger charge is -2.35. The highest BCUT2D eigenvalue weighted by atomic mass is 16.4. The molecule has 0 aliphatic heterocycles. The molecule has 0 spiro atoms. The zero-order valence-corrected chi connectivity index (χ0v) is 12.1. The number of amidine groups is 1. The van der Waals surface area contributed by atoms with E-state index in [1.54, 1.807) is 0 Å². The van der Waals surface area contributed by atoms with Crippen molar-refractivity contribution in [2.45, 2.75) is 71.3 Å². The first-order chi connectivity index (χ1) is 8.40. The Bertz CT molecular complexity index is 281. The number of nitrogens with one attached hydrogen (secondary N) is 1. The molecule has 1 saturated carbocycles. The summed E-state index contributed by atoms with van der Waals surface area (Å²) in [5, 5.41) is 15.5. The Balaban J connectivity index is 2.26. The predicted molar refractivity (Wildman–Crippen MR) is 75.9 cm³/mol. The Morgan fingerprint density at radius 1 is 1.33 bits per heavy atom. The second kappa shape index (κ2) is 6.41. The van der Waals surface area contributed by atoms with Crippen molar-refractivity contribution in [1.82, 2.24) is 5.32 Å². The van der Waals surface area contributed by atoms with Crippen LogP contribution < -0.4 is 11.1 Å². The van der Waals surface area contributed by atoms with E-state index in [4.69, 9.17) is 10.9 Å². The average Bonchev–Trinajstić information content (AvgIpc) is 2.34. The molecule has 0 heterocycles. The maximum Gasteiger partial charge on any atom is 0.144 e. The molecular weight excluding hydrogens is 226 g/mol. The lowest BCUT2D eigenvalue weighted by atomic mass is 9.83. The van der Waals surface area contributed by atoms with E-state index in [0.29, 0.717) is 11.4 Å². The Kier molecular flexibility index (Phi) is 5.45. The Morgan fingerprint density at radius 2 is 1.94 bits per heavy atom. The first-order valence-electron chi connectivity index (χ1n) is 7.13. The summed E-state index contributed by atoms with van der Waals surface area (Å²) in [6.07, 6.45) is 8.64. The van der Waals surface area contributed by atoms with Crippen LogP contribution in [0.2, 0.25) is 0 Å². The molecule has 0 atom stereocenters. The van der Waals surface area contributed by atoms with Gasteiger partial charge in [-0.25, -0.2) is 0 Å². The molecule has 0 bridgehead atoms. The van der Waals surface area contributed by atoms with Crippen LogP contribution in [0.4, 0.5) is 0 Å². The number of nitrogens with two attached hydrogens (primary N) is 1. The van der Waals surface area contributed by atoms with Gasteiger partial charge >= 0.3 is 0 Å². The van der Waals surface area contributed by atoms with Crippen molar-refractivity contribution >= 4 is 5.84 Å². The van der Waals surface area contributed by atoms with Crippen molar-refractivity contribution in [3.05, 3.63) is 0 Å². The summed E-state index contributed by atoms with van der Waals surface area (Å²) in [6.45, 7) is 7.38. The van der Waals surface area contributed by atoms with Crippen molar-refractivity contribution in [2.24, 2.45) is 16.3 Å². The molecule has 18 heavy (non-hydrogen) atoms. The normalized spacial score (nSPS) is 20.9. The highest BCUT2D eigenvalue weighted by molar-refractivity contribution is 5.85. The van der Waals surface area contributed by atoms with Gasteiger partial charge in [0, 0.05) is 11.0 Å². The van der Waals surface area contributed by atoms with Gasteiger partial charge in [-0.3, -0.25) is 0 Å². The molecule has 4 N–H and O–H groups in total. The smallest absolute Gasteiger partial charge is 0.144 e. The molecule has 0 unspecified atom stereocenters. The fraction of sp³-hybridized carbons (Fsp3) is 0.929. The molecule has 0 aromatic heterocycles. The molecule has 1 aliphatic rings. The molecule has 1 aliphatic carbocycles. The second-order valence-electron chi connectivity index (χ2n) is 6.52. The summed E-state index contributed by atoms with van der Waals surface area (Å²) in [5.74, 6) is 0.325. The van der Waals surface area contributed by atoms with Crippen LogP contribution in [0.1, 0.15) is 65.7 Å². The van der Waals surface area contributed by atoms with Gasteiger partial charge in [0.15, 0.2) is 0 Å². The molecule has 4 nitrogen and oxygen atoms in total. The molecule has 4 heteroatoms. The summed E-state index contributed by atoms with van der Waals surface area (Å²) in [4.78, 5) is 0. The molecule has 0 amide bonds. The number of rotatable bonds is 6. The SMILES string of the molecule is CC1(NCCCC(C)(C)C(N)=NO)CCCCC1. The van der Waals surface area contributed by atoms with Gasteiger partial charge in [-0.1, -0.05) is 38.3 Å². The Morgan fingerprint density at radius 3 is 2.50 bits per heavy atom. The minimum Gasteiger partial charge on any atom is -0.409 e. The third kappa shape index (κ3) is 4.48. The number of nitrogens with zero attached hydrogens (tertiary/aromatic N) is 1. The van der Waals surface area contributed by atoms with Gasteiger partial charge in [-0.2, -0.15) is 0 Å². The highest BCUT2D eigenvalue weighted by Crippen LogP contribution is 2.28. The maximum atomic E-state index is 8.72. The van der Waals surface area contributed by atoms with E-state index < -0.39 is 0 Å². The highest BCUT2D eigenvalue weighted by Gasteiger charge is 2.27. The van der Waals surface area contributed by atoms with Crippen LogP contribution >= 0.6 is 0 Å². The van der Waals surface area contributed by atoms with Crippen LogP contribution in [0, 0.1) is 5.41 Å². The van der Waals surface area contributed by atoms with E-state index >= 15 is 0 Å². The van der Waals surface area contributed by atoms with Crippen LogP contribution in [-0.2, 0) is 0 Å². The minimum absolute atomic E-state index is 0.218. The van der Waals surface area contributed by atoms with Gasteiger partial charge in [0.05, 0.1) is 0 Å². The number of oxime groups is 1. The zero-order valence-electron chi connectivity index (χ0n) is 12.1. The topological polar surface area (TPSA) is 70.6 Å². The quantitative estimate of drug-likeness (QED) is 0.225. The lowest BCUT2D eigenvalue weighted by Crippen LogP contribution is -2.44. The van der Waals surface area contributed by atoms with Gasteiger partial charge in [0.2, 0.25) is 0 Å². The van der Waals surface area contributed by atoms with Crippen LogP contribution in [-0.4, -0.2) is 23.1 Å². The molecule has 106 valence electrons. The fourth-order valence-electron chi connectivity index (χ4n) is 2.69. The summed E-state index contributed by atoms with van der Waals surface area (Å²) in [5.41, 5.74) is 5.80. The van der Waals surface area contributed by atoms with E-state index in [0.717, 1.165) is 19.4 Å². The first-order valence-corrected chi connectivity index (χ1v) is 7.13. The van der Waals surface area contributed by atoms with E-state index in [-0.39, 0.29) is 5.41 Å². The molecule has 0 saturated heterocycles. The van der Waals surface area contributed by atoms with Gasteiger partial charge in [-0.15, -0.1) is 0 Å². The lowest BCUT2D eigenvalue weighted by molar-refractivity contribution is 0.249. The van der Waals surface area contributed by atoms with Crippen molar-refractivity contribution < 1.29 is 5.21 Å². The van der Waals surface area contributed by atoms with E-state index in [9.17, 15) is 0 Å². The van der Waals surface area contributed by atoms with Crippen LogP contribution in [0.15, 0.2) is 5.16 Å². The first kappa shape index (κ1) is 15.3. The van der Waals surface area contributed by atoms with Gasteiger partial charge < -0.3 is 16.3 Å². The predicted octanol–water partition coefficient (Wildman–Crippen LogP) is 2.85. The van der Waals surface area contributed by atoms with E-state index in [1.165, 1.54) is 32.1 Å². The Labute approximate surface area is 111 Å². The van der Waals surface area contributed by atoms with E-state index in [2.05, 4.69) is 17.4 Å². The van der Waals surface area contributed by atoms with Crippen molar-refractivity contribution in [3.63, 3.8) is 0 Å². The second-order valence-corrected chi connectivity index (χ2v) is 6.52. The molecular formula is C14H29N3O. The van der Waals surface area contributed by atoms with Gasteiger partial charge in [0.1, 0.15) is 5.84 Å². The summed E-state index contributed by atoms with van der Waals surface area (Å²) in [6, 6.07) is 0. The van der Waals surface area contributed by atoms with Crippen LogP contribution in [0.5, 0.6) is 0 Å². The number of hydrogen-bond acceptors (Lipinski definition) is 3. The maximum absolute atomic E-state index is 8.72.